The normalized spacial score (nSPS) is 11.4. The zero-order valence-electron chi connectivity index (χ0n) is 12.5. The molecule has 6 nitrogen and oxygen atoms in total. The van der Waals surface area contributed by atoms with Crippen LogP contribution in [-0.2, 0) is 19.6 Å². The first-order valence-corrected chi connectivity index (χ1v) is 7.00. The van der Waals surface area contributed by atoms with E-state index in [0.717, 1.165) is 44.2 Å². The third-order valence-corrected chi connectivity index (χ3v) is 3.26. The molecule has 0 atom stereocenters. The smallest absolute Gasteiger partial charge is 0.105 e. The van der Waals surface area contributed by atoms with Crippen LogP contribution >= 0.6 is 0 Å². The first-order valence-electron chi connectivity index (χ1n) is 7.00. The van der Waals surface area contributed by atoms with Gasteiger partial charge in [-0.15, -0.1) is 5.10 Å². The van der Waals surface area contributed by atoms with Crippen molar-refractivity contribution in [3.63, 3.8) is 0 Å². The molecule has 0 saturated heterocycles. The number of aromatic nitrogens is 3. The van der Waals surface area contributed by atoms with Crippen LogP contribution in [0.15, 0.2) is 22.9 Å². The molecule has 0 aliphatic rings. The lowest BCUT2D eigenvalue weighted by Crippen LogP contribution is -2.23. The lowest BCUT2D eigenvalue weighted by atomic mass is 10.2. The van der Waals surface area contributed by atoms with E-state index < -0.39 is 0 Å². The van der Waals surface area contributed by atoms with Gasteiger partial charge in [0, 0.05) is 31.4 Å². The fourth-order valence-corrected chi connectivity index (χ4v) is 2.00. The van der Waals surface area contributed by atoms with Crippen molar-refractivity contribution < 1.29 is 4.42 Å². The van der Waals surface area contributed by atoms with Gasteiger partial charge in [0.15, 0.2) is 0 Å². The summed E-state index contributed by atoms with van der Waals surface area (Å²) in [4.78, 5) is 2.25. The van der Waals surface area contributed by atoms with Gasteiger partial charge in [-0.05, 0) is 26.6 Å². The van der Waals surface area contributed by atoms with Crippen molar-refractivity contribution in [2.24, 2.45) is 0 Å². The summed E-state index contributed by atoms with van der Waals surface area (Å²) in [6.45, 7) is 8.45. The minimum Gasteiger partial charge on any atom is -0.469 e. The molecule has 20 heavy (non-hydrogen) atoms. The van der Waals surface area contributed by atoms with Gasteiger partial charge in [0.25, 0.3) is 0 Å². The number of likely N-dealkylation sites (N-methyl/N-ethyl adjacent to an activating group) is 1. The third kappa shape index (κ3) is 4.18. The van der Waals surface area contributed by atoms with Gasteiger partial charge in [0.1, 0.15) is 5.76 Å². The molecular weight excluding hydrogens is 254 g/mol. The Morgan fingerprint density at radius 3 is 3.00 bits per heavy atom. The zero-order valence-corrected chi connectivity index (χ0v) is 12.5. The molecule has 0 amide bonds. The van der Waals surface area contributed by atoms with Gasteiger partial charge >= 0.3 is 0 Å². The molecule has 2 aromatic rings. The molecule has 0 bridgehead atoms. The summed E-state index contributed by atoms with van der Waals surface area (Å²) in [7, 11) is 2.10. The highest BCUT2D eigenvalue weighted by molar-refractivity contribution is 5.14. The van der Waals surface area contributed by atoms with Crippen molar-refractivity contribution in [1.82, 2.24) is 25.2 Å². The highest BCUT2D eigenvalue weighted by Crippen LogP contribution is 2.10. The summed E-state index contributed by atoms with van der Waals surface area (Å²) in [5.41, 5.74) is 2.22. The van der Waals surface area contributed by atoms with Crippen LogP contribution in [-0.4, -0.2) is 40.0 Å². The molecule has 0 aromatic carbocycles. The monoisotopic (exact) mass is 277 g/mol. The molecule has 110 valence electrons. The van der Waals surface area contributed by atoms with Crippen LogP contribution in [0.25, 0.3) is 0 Å². The first-order chi connectivity index (χ1) is 9.69. The summed E-state index contributed by atoms with van der Waals surface area (Å²) in [6.07, 6.45) is 3.74. The first kappa shape index (κ1) is 14.7. The zero-order chi connectivity index (χ0) is 14.4. The van der Waals surface area contributed by atoms with Crippen LogP contribution in [0.2, 0.25) is 0 Å². The number of nitrogens with zero attached hydrogens (tertiary/aromatic N) is 4. The summed E-state index contributed by atoms with van der Waals surface area (Å²) >= 11 is 0. The van der Waals surface area contributed by atoms with Crippen LogP contribution in [0, 0.1) is 6.92 Å². The molecule has 1 N–H and O–H groups in total. The SMILES string of the molecule is CCNCc1cn(CCN(C)Cc2ccoc2C)nn1. The molecule has 2 heterocycles. The average Bonchev–Trinajstić information content (AvgIpc) is 3.04. The number of aryl methyl sites for hydroxylation is 1. The molecule has 0 spiro atoms. The van der Waals surface area contributed by atoms with Crippen LogP contribution in [0.3, 0.4) is 0 Å². The number of hydrogen-bond donors (Lipinski definition) is 1. The van der Waals surface area contributed by atoms with Crippen molar-refractivity contribution in [3.05, 3.63) is 35.5 Å². The lowest BCUT2D eigenvalue weighted by molar-refractivity contribution is 0.301. The van der Waals surface area contributed by atoms with Crippen LogP contribution in [0.1, 0.15) is 23.9 Å². The number of furan rings is 1. The predicted octanol–water partition coefficient (Wildman–Crippen LogP) is 1.42. The lowest BCUT2D eigenvalue weighted by Gasteiger charge is -2.15. The quantitative estimate of drug-likeness (QED) is 0.791. The fourth-order valence-electron chi connectivity index (χ4n) is 2.00. The Morgan fingerprint density at radius 1 is 1.45 bits per heavy atom. The predicted molar refractivity (Wildman–Crippen MR) is 77.2 cm³/mol. The molecule has 2 aromatic heterocycles. The topological polar surface area (TPSA) is 59.1 Å². The number of rotatable bonds is 8. The van der Waals surface area contributed by atoms with E-state index in [1.54, 1.807) is 6.26 Å². The van der Waals surface area contributed by atoms with E-state index in [-0.39, 0.29) is 0 Å². The number of hydrogen-bond acceptors (Lipinski definition) is 5. The maximum Gasteiger partial charge on any atom is 0.105 e. The maximum absolute atomic E-state index is 5.31. The molecule has 0 aliphatic carbocycles. The van der Waals surface area contributed by atoms with E-state index in [1.165, 1.54) is 5.56 Å². The van der Waals surface area contributed by atoms with Gasteiger partial charge in [-0.25, -0.2) is 0 Å². The molecule has 2 rings (SSSR count). The van der Waals surface area contributed by atoms with Crippen LogP contribution < -0.4 is 5.32 Å². The summed E-state index contributed by atoms with van der Waals surface area (Å²) in [6, 6.07) is 2.02. The molecule has 0 saturated carbocycles. The van der Waals surface area contributed by atoms with E-state index in [2.05, 4.69) is 34.5 Å². The minimum absolute atomic E-state index is 0.778. The average molecular weight is 277 g/mol. The summed E-state index contributed by atoms with van der Waals surface area (Å²) < 4.78 is 7.20. The van der Waals surface area contributed by atoms with Gasteiger partial charge in [0.2, 0.25) is 0 Å². The van der Waals surface area contributed by atoms with Gasteiger partial charge in [-0.1, -0.05) is 12.1 Å². The van der Waals surface area contributed by atoms with Gasteiger partial charge in [-0.3, -0.25) is 4.68 Å². The standard InChI is InChI=1S/C14H23N5O/c1-4-15-9-14-11-19(17-16-14)7-6-18(3)10-13-5-8-20-12(13)2/h5,8,11,15H,4,6-7,9-10H2,1-3H3. The summed E-state index contributed by atoms with van der Waals surface area (Å²) in [5, 5.41) is 11.5. The van der Waals surface area contributed by atoms with E-state index in [0.29, 0.717) is 0 Å². The Morgan fingerprint density at radius 2 is 2.30 bits per heavy atom. The Bertz CT molecular complexity index is 519. The van der Waals surface area contributed by atoms with Crippen LogP contribution in [0.5, 0.6) is 0 Å². The molecule has 6 heteroatoms. The molecule has 0 radical (unpaired) electrons. The molecule has 0 aliphatic heterocycles. The third-order valence-electron chi connectivity index (χ3n) is 3.26. The Labute approximate surface area is 119 Å². The van der Waals surface area contributed by atoms with Crippen molar-refractivity contribution in [3.8, 4) is 0 Å². The highest BCUT2D eigenvalue weighted by Gasteiger charge is 2.06. The van der Waals surface area contributed by atoms with Crippen molar-refractivity contribution >= 4 is 0 Å². The number of nitrogens with one attached hydrogen (secondary N) is 1. The van der Waals surface area contributed by atoms with Crippen molar-refractivity contribution in [2.45, 2.75) is 33.5 Å². The van der Waals surface area contributed by atoms with E-state index >= 15 is 0 Å². The van der Waals surface area contributed by atoms with Crippen LogP contribution in [0.4, 0.5) is 0 Å². The second-order valence-electron chi connectivity index (χ2n) is 4.99. The molecular formula is C14H23N5O. The Hall–Kier alpha value is -1.66. The van der Waals surface area contributed by atoms with Gasteiger partial charge in [0.05, 0.1) is 18.5 Å². The Kier molecular flexibility index (Phi) is 5.31. The highest BCUT2D eigenvalue weighted by atomic mass is 16.3. The Balaban J connectivity index is 1.77. The second kappa shape index (κ2) is 7.21. The van der Waals surface area contributed by atoms with E-state index in [4.69, 9.17) is 4.42 Å². The van der Waals surface area contributed by atoms with Gasteiger partial charge in [-0.2, -0.15) is 0 Å². The minimum atomic E-state index is 0.778. The molecule has 0 fully saturated rings. The van der Waals surface area contributed by atoms with Crippen molar-refractivity contribution in [1.29, 1.82) is 0 Å². The van der Waals surface area contributed by atoms with E-state index in [1.807, 2.05) is 23.9 Å². The maximum atomic E-state index is 5.31. The largest absolute Gasteiger partial charge is 0.469 e. The summed E-state index contributed by atoms with van der Waals surface area (Å²) in [5.74, 6) is 0.991. The van der Waals surface area contributed by atoms with E-state index in [9.17, 15) is 0 Å². The van der Waals surface area contributed by atoms with Gasteiger partial charge < -0.3 is 14.6 Å². The fraction of sp³-hybridized carbons (Fsp3) is 0.571. The molecule has 0 unspecified atom stereocenters. The van der Waals surface area contributed by atoms with Crippen molar-refractivity contribution in [2.75, 3.05) is 20.1 Å². The second-order valence-corrected chi connectivity index (χ2v) is 4.99.